The number of piperazine rings is 2. The summed E-state index contributed by atoms with van der Waals surface area (Å²) in [5, 5.41) is 13.8. The molecule has 2 fully saturated rings. The Morgan fingerprint density at radius 1 is 1.00 bits per heavy atom. The number of nitro benzene ring substituents is 1. The number of nitro groups is 1. The van der Waals surface area contributed by atoms with Gasteiger partial charge in [-0.05, 0) is 79.3 Å². The molecule has 18 heteroatoms. The number of halogens is 1. The van der Waals surface area contributed by atoms with Gasteiger partial charge in [0.15, 0.2) is 5.75 Å². The van der Waals surface area contributed by atoms with Gasteiger partial charge < -0.3 is 29.0 Å². The SMILES string of the molecule is CN1CCN(C[C@H]2COc3cc(S(=O)(=O)NC(=O)c4ccc(N5CCN(CC6=C(c7ccc(Cl)cc7)CC(C)(C)CC6)CC5)cc4Oc4cnc5[nH]ccc5c4)cc([N+](=O)[O-])c3O2)CC1. The minimum atomic E-state index is -4.68. The van der Waals surface area contributed by atoms with E-state index in [0.717, 1.165) is 93.3 Å². The van der Waals surface area contributed by atoms with E-state index in [1.807, 2.05) is 18.2 Å². The van der Waals surface area contributed by atoms with Crippen molar-refractivity contribution in [3.05, 3.63) is 111 Å². The number of amides is 1. The summed E-state index contributed by atoms with van der Waals surface area (Å²) in [6.45, 7) is 12.6. The molecule has 0 bridgehead atoms. The topological polar surface area (TPSA) is 176 Å². The van der Waals surface area contributed by atoms with Crippen molar-refractivity contribution in [2.75, 3.05) is 84.0 Å². The summed E-state index contributed by atoms with van der Waals surface area (Å²) in [5.74, 6) is -0.786. The lowest BCUT2D eigenvalue weighted by molar-refractivity contribution is -0.386. The van der Waals surface area contributed by atoms with Crippen molar-refractivity contribution in [1.29, 1.82) is 0 Å². The van der Waals surface area contributed by atoms with E-state index in [-0.39, 0.29) is 34.8 Å². The van der Waals surface area contributed by atoms with Crippen molar-refractivity contribution in [2.45, 2.75) is 44.1 Å². The minimum absolute atomic E-state index is 0.0641. The number of likely N-dealkylation sites (N-methyl/N-ethyl adjacent to an activating group) is 1. The van der Waals surface area contributed by atoms with E-state index in [4.69, 9.17) is 25.8 Å². The number of pyridine rings is 1. The Labute approximate surface area is 383 Å². The summed E-state index contributed by atoms with van der Waals surface area (Å²) < 4.78 is 48.2. The average Bonchev–Trinajstić information content (AvgIpc) is 3.76. The molecule has 0 unspecified atom stereocenters. The number of nitrogens with zero attached hydrogens (tertiary/aromatic N) is 6. The molecule has 1 aliphatic carbocycles. The zero-order valence-electron chi connectivity index (χ0n) is 36.7. The van der Waals surface area contributed by atoms with Crippen LogP contribution in [0.5, 0.6) is 23.0 Å². The fraction of sp³-hybridized carbons (Fsp3) is 0.404. The van der Waals surface area contributed by atoms with Gasteiger partial charge in [-0.1, -0.05) is 43.2 Å². The molecule has 3 aromatic carbocycles. The number of H-pyrrole nitrogens is 1. The van der Waals surface area contributed by atoms with Gasteiger partial charge >= 0.3 is 5.69 Å². The van der Waals surface area contributed by atoms with E-state index < -0.39 is 37.5 Å². The number of carbonyl (C=O) groups excluding carboxylic acids is 1. The van der Waals surface area contributed by atoms with E-state index in [1.54, 1.807) is 24.4 Å². The molecule has 16 nitrogen and oxygen atoms in total. The van der Waals surface area contributed by atoms with Crippen molar-refractivity contribution < 1.29 is 32.3 Å². The van der Waals surface area contributed by atoms with Gasteiger partial charge in [0, 0.05) is 106 Å². The van der Waals surface area contributed by atoms with Gasteiger partial charge in [-0.3, -0.25) is 24.7 Å². The van der Waals surface area contributed by atoms with Gasteiger partial charge in [-0.15, -0.1) is 0 Å². The third kappa shape index (κ3) is 10.1. The summed E-state index contributed by atoms with van der Waals surface area (Å²) >= 11 is 6.25. The molecule has 65 heavy (non-hydrogen) atoms. The predicted octanol–water partition coefficient (Wildman–Crippen LogP) is 7.21. The molecule has 5 heterocycles. The Balaban J connectivity index is 0.933. The maximum Gasteiger partial charge on any atom is 0.316 e. The molecule has 5 aromatic rings. The Bertz CT molecular complexity index is 2750. The molecular weight excluding hydrogens is 872 g/mol. The summed E-state index contributed by atoms with van der Waals surface area (Å²) in [4.78, 5) is 41.7. The zero-order valence-corrected chi connectivity index (χ0v) is 38.3. The third-order valence-electron chi connectivity index (χ3n) is 12.9. The first-order valence-electron chi connectivity index (χ1n) is 22.0. The molecule has 2 N–H and O–H groups in total. The highest BCUT2D eigenvalue weighted by Gasteiger charge is 2.35. The second-order valence-corrected chi connectivity index (χ2v) is 20.3. The number of hydrogen-bond acceptors (Lipinski definition) is 13. The normalized spacial score (nSPS) is 19.6. The molecule has 9 rings (SSSR count). The van der Waals surface area contributed by atoms with Crippen LogP contribution in [0.2, 0.25) is 5.02 Å². The average molecular weight is 926 g/mol. The molecule has 0 saturated carbocycles. The van der Waals surface area contributed by atoms with E-state index in [2.05, 4.69) is 67.3 Å². The van der Waals surface area contributed by atoms with Gasteiger partial charge in [0.2, 0.25) is 5.75 Å². The van der Waals surface area contributed by atoms with Crippen LogP contribution in [0, 0.1) is 15.5 Å². The van der Waals surface area contributed by atoms with Crippen molar-refractivity contribution in [3.63, 3.8) is 0 Å². The Hall–Kier alpha value is -5.72. The first-order valence-corrected chi connectivity index (χ1v) is 23.8. The van der Waals surface area contributed by atoms with Crippen molar-refractivity contribution >= 4 is 55.5 Å². The number of fused-ring (bicyclic) bond motifs is 2. The lowest BCUT2D eigenvalue weighted by Gasteiger charge is -2.39. The van der Waals surface area contributed by atoms with Crippen LogP contribution in [0.15, 0.2) is 89.6 Å². The lowest BCUT2D eigenvalue weighted by Crippen LogP contribution is -2.49. The number of nitrogens with one attached hydrogen (secondary N) is 2. The van der Waals surface area contributed by atoms with Crippen LogP contribution in [0.3, 0.4) is 0 Å². The highest BCUT2D eigenvalue weighted by molar-refractivity contribution is 7.90. The second kappa shape index (κ2) is 18.3. The minimum Gasteiger partial charge on any atom is -0.485 e. The summed E-state index contributed by atoms with van der Waals surface area (Å²) in [5.41, 5.74) is 5.11. The van der Waals surface area contributed by atoms with Gasteiger partial charge in [-0.25, -0.2) is 18.1 Å². The lowest BCUT2D eigenvalue weighted by atomic mass is 9.72. The molecule has 3 aliphatic heterocycles. The number of carbonyl (C=O) groups is 1. The van der Waals surface area contributed by atoms with Crippen molar-refractivity contribution in [1.82, 2.24) is 29.4 Å². The first-order chi connectivity index (χ1) is 31.2. The first kappa shape index (κ1) is 44.5. The Morgan fingerprint density at radius 3 is 2.51 bits per heavy atom. The summed E-state index contributed by atoms with van der Waals surface area (Å²) in [7, 11) is -2.63. The van der Waals surface area contributed by atoms with Crippen LogP contribution in [-0.2, 0) is 10.0 Å². The van der Waals surface area contributed by atoms with E-state index in [9.17, 15) is 23.3 Å². The fourth-order valence-electron chi connectivity index (χ4n) is 9.09. The molecule has 2 saturated heterocycles. The third-order valence-corrected chi connectivity index (χ3v) is 14.4. The molecular formula is C47H53ClN8O8S. The second-order valence-electron chi connectivity index (χ2n) is 18.2. The standard InChI is InChI=1S/C47H53ClN8O8S/c1-47(2)12-10-33(40(26-47)31-4-6-34(48)7-5-31)28-53-18-20-55(21-19-53)35-8-9-39(42(23-35)63-36-22-32-11-13-49-45(32)50-27-36)46(57)51-65(60,61)38-24-41(56(58)59)44-43(25-38)62-30-37(64-44)29-54-16-14-52(3)15-17-54/h4-9,11,13,22-25,27,37H,10,12,14-21,26,28-30H2,1-3H3,(H,49,50)(H,51,57)/t37-/m0/s1. The largest absolute Gasteiger partial charge is 0.485 e. The molecule has 0 radical (unpaired) electrons. The van der Waals surface area contributed by atoms with Gasteiger partial charge in [0.1, 0.15) is 29.9 Å². The van der Waals surface area contributed by atoms with Crippen LogP contribution in [0.4, 0.5) is 11.4 Å². The van der Waals surface area contributed by atoms with E-state index in [0.29, 0.717) is 31.0 Å². The number of sulfonamides is 1. The predicted molar refractivity (Wildman–Crippen MR) is 249 cm³/mol. The molecule has 1 atom stereocenters. The van der Waals surface area contributed by atoms with Crippen LogP contribution in [-0.4, -0.2) is 129 Å². The number of aromatic nitrogens is 2. The van der Waals surface area contributed by atoms with E-state index >= 15 is 0 Å². The molecule has 1 amide bonds. The maximum atomic E-state index is 14.1. The Morgan fingerprint density at radius 2 is 1.75 bits per heavy atom. The highest BCUT2D eigenvalue weighted by Crippen LogP contribution is 2.45. The van der Waals surface area contributed by atoms with Crippen molar-refractivity contribution in [3.8, 4) is 23.0 Å². The highest BCUT2D eigenvalue weighted by atomic mass is 35.5. The number of aromatic amines is 1. The molecule has 0 spiro atoms. The zero-order chi connectivity index (χ0) is 45.5. The van der Waals surface area contributed by atoms with E-state index in [1.165, 1.54) is 29.0 Å². The van der Waals surface area contributed by atoms with Gasteiger partial charge in [0.05, 0.1) is 21.6 Å². The Kier molecular flexibility index (Phi) is 12.5. The van der Waals surface area contributed by atoms with Crippen LogP contribution in [0.1, 0.15) is 49.0 Å². The number of allylic oxidation sites excluding steroid dienone is 1. The number of rotatable bonds is 12. The summed E-state index contributed by atoms with van der Waals surface area (Å²) in [6.07, 6.45) is 5.96. The van der Waals surface area contributed by atoms with Gasteiger partial charge in [-0.2, -0.15) is 0 Å². The summed E-state index contributed by atoms with van der Waals surface area (Å²) in [6, 6.07) is 18.8. The van der Waals surface area contributed by atoms with Crippen LogP contribution < -0.4 is 23.8 Å². The number of hydrogen-bond donors (Lipinski definition) is 2. The quantitative estimate of drug-likeness (QED) is 0.0950. The molecule has 4 aliphatic rings. The molecule has 2 aromatic heterocycles. The number of ether oxygens (including phenoxy) is 3. The van der Waals surface area contributed by atoms with Crippen LogP contribution >= 0.6 is 11.6 Å². The monoisotopic (exact) mass is 924 g/mol. The molecule has 342 valence electrons. The number of anilines is 1. The maximum absolute atomic E-state index is 14.1. The van der Waals surface area contributed by atoms with Crippen molar-refractivity contribution in [2.24, 2.45) is 5.41 Å². The fourth-order valence-corrected chi connectivity index (χ4v) is 10.2. The number of benzene rings is 3. The van der Waals surface area contributed by atoms with Gasteiger partial charge in [0.25, 0.3) is 15.9 Å². The smallest absolute Gasteiger partial charge is 0.316 e. The van der Waals surface area contributed by atoms with Crippen LogP contribution in [0.25, 0.3) is 16.6 Å².